The highest BCUT2D eigenvalue weighted by molar-refractivity contribution is 7.89. The molecule has 1 aromatic carbocycles. The van der Waals surface area contributed by atoms with Crippen molar-refractivity contribution in [3.8, 4) is 5.75 Å². The molecule has 32 heavy (non-hydrogen) atoms. The number of methoxy groups -OCH3 is 1. The van der Waals surface area contributed by atoms with Gasteiger partial charge < -0.3 is 10.1 Å². The van der Waals surface area contributed by atoms with Gasteiger partial charge in [-0.05, 0) is 31.0 Å². The lowest BCUT2D eigenvalue weighted by Crippen LogP contribution is -2.34. The van der Waals surface area contributed by atoms with E-state index in [1.807, 2.05) is 12.2 Å². The molecule has 3 rings (SSSR count). The average Bonchev–Trinajstić information content (AvgIpc) is 3.03. The Bertz CT molecular complexity index is 1010. The number of nitrogens with one attached hydrogen (secondary N) is 1. The van der Waals surface area contributed by atoms with Crippen LogP contribution < -0.4 is 10.1 Å². The van der Waals surface area contributed by atoms with Gasteiger partial charge in [-0.15, -0.1) is 0 Å². The first-order valence-electron chi connectivity index (χ1n) is 10.7. The van der Waals surface area contributed by atoms with Crippen molar-refractivity contribution in [2.45, 2.75) is 38.0 Å². The Morgan fingerprint density at radius 1 is 1.12 bits per heavy atom. The smallest absolute Gasteiger partial charge is 0.243 e. The van der Waals surface area contributed by atoms with Gasteiger partial charge >= 0.3 is 0 Å². The molecule has 1 heterocycles. The van der Waals surface area contributed by atoms with Crippen LogP contribution in [0.15, 0.2) is 35.2 Å². The molecule has 0 radical (unpaired) electrons. The van der Waals surface area contributed by atoms with Crippen molar-refractivity contribution in [2.75, 3.05) is 32.1 Å². The van der Waals surface area contributed by atoms with Crippen LogP contribution in [0.1, 0.15) is 33.1 Å². The Morgan fingerprint density at radius 3 is 2.25 bits per heavy atom. The number of hydrogen-bond acceptors (Lipinski definition) is 6. The normalized spacial score (nSPS) is 20.6. The predicted octanol–water partition coefficient (Wildman–Crippen LogP) is 2.01. The van der Waals surface area contributed by atoms with E-state index in [0.717, 1.165) is 0 Å². The highest BCUT2D eigenvalue weighted by atomic mass is 32.2. The van der Waals surface area contributed by atoms with Crippen molar-refractivity contribution in [2.24, 2.45) is 11.8 Å². The zero-order valence-electron chi connectivity index (χ0n) is 18.5. The largest absolute Gasteiger partial charge is 0.495 e. The van der Waals surface area contributed by atoms with E-state index in [4.69, 9.17) is 4.74 Å². The van der Waals surface area contributed by atoms with E-state index in [0.29, 0.717) is 31.7 Å². The number of sulfonamides is 1. The van der Waals surface area contributed by atoms with E-state index in [9.17, 15) is 22.8 Å². The van der Waals surface area contributed by atoms with Crippen LogP contribution in [0.25, 0.3) is 0 Å². The number of likely N-dealkylation sites (tertiary alicyclic amines) is 1. The fourth-order valence-electron chi connectivity index (χ4n) is 4.17. The Balaban J connectivity index is 1.71. The number of ether oxygens (including phenoxy) is 1. The molecule has 2 atom stereocenters. The van der Waals surface area contributed by atoms with Gasteiger partial charge in [-0.1, -0.05) is 26.0 Å². The summed E-state index contributed by atoms with van der Waals surface area (Å²) in [5.74, 6) is -1.28. The number of allylic oxidation sites excluding steroid dienone is 2. The molecule has 1 saturated heterocycles. The Labute approximate surface area is 188 Å². The van der Waals surface area contributed by atoms with Gasteiger partial charge in [0.1, 0.15) is 5.75 Å². The highest BCUT2D eigenvalue weighted by Gasteiger charge is 2.46. The topological polar surface area (TPSA) is 113 Å². The minimum absolute atomic E-state index is 0.0176. The molecule has 3 amide bonds. The van der Waals surface area contributed by atoms with Crippen molar-refractivity contribution >= 4 is 33.4 Å². The third-order valence-corrected chi connectivity index (χ3v) is 8.00. The van der Waals surface area contributed by atoms with Crippen molar-refractivity contribution in [3.05, 3.63) is 30.4 Å². The minimum Gasteiger partial charge on any atom is -0.495 e. The first-order valence-corrected chi connectivity index (χ1v) is 12.2. The van der Waals surface area contributed by atoms with E-state index >= 15 is 0 Å². The maximum Gasteiger partial charge on any atom is 0.243 e. The summed E-state index contributed by atoms with van der Waals surface area (Å²) in [5, 5.41) is 2.66. The lowest BCUT2D eigenvalue weighted by molar-refractivity contribution is -0.140. The second-order valence-electron chi connectivity index (χ2n) is 7.73. The number of carbonyl (C=O) groups excluding carboxylic acids is 3. The van der Waals surface area contributed by atoms with Crippen LogP contribution >= 0.6 is 0 Å². The number of anilines is 1. The van der Waals surface area contributed by atoms with Crippen molar-refractivity contribution < 1.29 is 27.5 Å². The van der Waals surface area contributed by atoms with Crippen LogP contribution in [0, 0.1) is 11.8 Å². The summed E-state index contributed by atoms with van der Waals surface area (Å²) in [5.41, 5.74) is 0.211. The molecule has 0 saturated carbocycles. The van der Waals surface area contributed by atoms with Crippen LogP contribution in [-0.4, -0.2) is 62.1 Å². The van der Waals surface area contributed by atoms with E-state index in [1.165, 1.54) is 34.5 Å². The molecule has 1 N–H and O–H groups in total. The van der Waals surface area contributed by atoms with E-state index in [-0.39, 0.29) is 47.2 Å². The molecule has 0 aromatic heterocycles. The lowest BCUT2D eigenvalue weighted by Gasteiger charge is -2.20. The molecule has 1 aliphatic carbocycles. The van der Waals surface area contributed by atoms with Crippen LogP contribution in [0.4, 0.5) is 5.69 Å². The van der Waals surface area contributed by atoms with Crippen LogP contribution in [0.2, 0.25) is 0 Å². The number of nitrogens with zero attached hydrogens (tertiary/aromatic N) is 2. The maximum atomic E-state index is 12.8. The zero-order valence-corrected chi connectivity index (χ0v) is 19.4. The van der Waals surface area contributed by atoms with Crippen LogP contribution in [-0.2, 0) is 24.4 Å². The van der Waals surface area contributed by atoms with Crippen LogP contribution in [0.5, 0.6) is 5.75 Å². The van der Waals surface area contributed by atoms with Gasteiger partial charge in [0.15, 0.2) is 0 Å². The van der Waals surface area contributed by atoms with Gasteiger partial charge in [-0.3, -0.25) is 19.3 Å². The van der Waals surface area contributed by atoms with Gasteiger partial charge in [0, 0.05) is 26.1 Å². The van der Waals surface area contributed by atoms with Gasteiger partial charge in [0.25, 0.3) is 0 Å². The fourth-order valence-corrected chi connectivity index (χ4v) is 5.66. The molecular formula is C22H29N3O6S. The van der Waals surface area contributed by atoms with Crippen molar-refractivity contribution in [1.82, 2.24) is 9.21 Å². The fraction of sp³-hybridized carbons (Fsp3) is 0.500. The highest BCUT2D eigenvalue weighted by Crippen LogP contribution is 2.35. The number of amides is 3. The van der Waals surface area contributed by atoms with Crippen molar-refractivity contribution in [3.63, 3.8) is 0 Å². The molecule has 0 spiro atoms. The summed E-state index contributed by atoms with van der Waals surface area (Å²) < 4.78 is 32.2. The Hall–Kier alpha value is -2.72. The molecule has 1 aromatic rings. The molecule has 174 valence electrons. The predicted molar refractivity (Wildman–Crippen MR) is 118 cm³/mol. The molecule has 1 fully saturated rings. The maximum absolute atomic E-state index is 12.8. The molecule has 9 nitrogen and oxygen atoms in total. The second kappa shape index (κ2) is 9.83. The van der Waals surface area contributed by atoms with Crippen LogP contribution in [0.3, 0.4) is 0 Å². The monoisotopic (exact) mass is 463 g/mol. The number of benzene rings is 1. The number of imide groups is 1. The second-order valence-corrected chi connectivity index (χ2v) is 9.67. The van der Waals surface area contributed by atoms with E-state index < -0.39 is 15.9 Å². The number of hydrogen-bond donors (Lipinski definition) is 1. The third kappa shape index (κ3) is 4.56. The molecule has 0 bridgehead atoms. The van der Waals surface area contributed by atoms with Gasteiger partial charge in [-0.2, -0.15) is 4.31 Å². The van der Waals surface area contributed by atoms with Gasteiger partial charge in [0.05, 0.1) is 29.5 Å². The standard InChI is InChI=1S/C22H29N3O6S/c1-4-24(5-2)32(29,30)15-10-11-19(31-3)18(14-15)23-20(26)12-13-25-21(27)16-8-6-7-9-17(16)22(25)28/h6-7,10-11,14,16-17H,4-5,8-9,12-13H2,1-3H3,(H,23,26). The number of rotatable bonds is 9. The quantitative estimate of drug-likeness (QED) is 0.443. The van der Waals surface area contributed by atoms with E-state index in [1.54, 1.807) is 13.8 Å². The first-order chi connectivity index (χ1) is 15.2. The summed E-state index contributed by atoms with van der Waals surface area (Å²) >= 11 is 0. The summed E-state index contributed by atoms with van der Waals surface area (Å²) in [6.45, 7) is 4.13. The lowest BCUT2D eigenvalue weighted by atomic mass is 9.85. The Kier molecular flexibility index (Phi) is 7.35. The van der Waals surface area contributed by atoms with E-state index in [2.05, 4.69) is 5.32 Å². The summed E-state index contributed by atoms with van der Waals surface area (Å²) in [6, 6.07) is 4.27. The zero-order chi connectivity index (χ0) is 23.5. The summed E-state index contributed by atoms with van der Waals surface area (Å²) in [4.78, 5) is 38.9. The van der Waals surface area contributed by atoms with Gasteiger partial charge in [0.2, 0.25) is 27.7 Å². The number of carbonyl (C=O) groups is 3. The molecule has 10 heteroatoms. The molecule has 2 unspecified atom stereocenters. The molecular weight excluding hydrogens is 434 g/mol. The summed E-state index contributed by atoms with van der Waals surface area (Å²) in [6.07, 6.45) is 4.81. The third-order valence-electron chi connectivity index (χ3n) is 5.95. The Morgan fingerprint density at radius 2 is 1.72 bits per heavy atom. The number of fused-ring (bicyclic) bond motifs is 1. The average molecular weight is 464 g/mol. The van der Waals surface area contributed by atoms with Crippen molar-refractivity contribution in [1.29, 1.82) is 0 Å². The minimum atomic E-state index is -3.71. The molecule has 2 aliphatic rings. The summed E-state index contributed by atoms with van der Waals surface area (Å²) in [7, 11) is -2.30. The first kappa shape index (κ1) is 23.9. The SMILES string of the molecule is CCN(CC)S(=O)(=O)c1ccc(OC)c(NC(=O)CCN2C(=O)C3CC=CCC3C2=O)c1. The van der Waals surface area contributed by atoms with Gasteiger partial charge in [-0.25, -0.2) is 8.42 Å². The molecule has 1 aliphatic heterocycles.